The van der Waals surface area contributed by atoms with E-state index in [-0.39, 0.29) is 18.9 Å². The number of carbonyl (C=O) groups excluding carboxylic acids is 2. The number of nitrogens with one attached hydrogen (secondary N) is 2. The molecular weight excluding hydrogens is 410 g/mol. The molecular formula is C24H29N3O5. The maximum Gasteiger partial charge on any atom is 0.408 e. The van der Waals surface area contributed by atoms with Crippen LogP contribution in [0.15, 0.2) is 72.9 Å². The molecule has 2 atom stereocenters. The molecule has 32 heavy (non-hydrogen) atoms. The smallest absolute Gasteiger partial charge is 0.408 e. The fraction of sp³-hybridized carbons (Fsp3) is 0.333. The number of amides is 2. The lowest BCUT2D eigenvalue weighted by Gasteiger charge is -2.22. The van der Waals surface area contributed by atoms with Gasteiger partial charge < -0.3 is 15.4 Å². The lowest BCUT2D eigenvalue weighted by Crippen LogP contribution is -2.50. The van der Waals surface area contributed by atoms with Crippen LogP contribution in [0.1, 0.15) is 31.4 Å². The lowest BCUT2D eigenvalue weighted by molar-refractivity contribution is -0.402. The first kappa shape index (κ1) is 24.6. The molecule has 0 aromatic heterocycles. The van der Waals surface area contributed by atoms with Crippen LogP contribution in [0, 0.1) is 16.0 Å². The van der Waals surface area contributed by atoms with Crippen LogP contribution in [0.4, 0.5) is 4.79 Å². The van der Waals surface area contributed by atoms with Crippen LogP contribution in [-0.4, -0.2) is 29.0 Å². The number of hydrogen-bond donors (Lipinski definition) is 2. The first-order valence-electron chi connectivity index (χ1n) is 10.5. The van der Waals surface area contributed by atoms with Crippen LogP contribution in [-0.2, 0) is 22.6 Å². The molecule has 8 nitrogen and oxygen atoms in total. The highest BCUT2D eigenvalue weighted by atomic mass is 16.6. The molecule has 2 aromatic carbocycles. The third-order valence-corrected chi connectivity index (χ3v) is 4.60. The molecule has 0 aliphatic heterocycles. The number of carbonyl (C=O) groups is 2. The van der Waals surface area contributed by atoms with Crippen LogP contribution in [0.2, 0.25) is 0 Å². The molecule has 2 amide bonds. The number of nitrogens with zero attached hydrogens (tertiary/aromatic N) is 1. The molecule has 0 saturated carbocycles. The summed E-state index contributed by atoms with van der Waals surface area (Å²) in [7, 11) is 0. The van der Waals surface area contributed by atoms with Gasteiger partial charge in [-0.15, -0.1) is 0 Å². The maximum absolute atomic E-state index is 13.0. The summed E-state index contributed by atoms with van der Waals surface area (Å²) in [6, 6.07) is 17.0. The standard InChI is InChI=1S/C24H29N3O5/c1-18(2)15-21(13-14-27(30)31)25-23(28)22(16-19-9-5-3-6-10-19)26-24(29)32-17-20-11-7-4-8-12-20/h3-14,18,21-22H,15-17H2,1-2H3,(H,25,28)(H,26,29)/b14-13+/t21-,22+/m1/s1. The van der Waals surface area contributed by atoms with Crippen molar-refractivity contribution in [2.45, 2.75) is 45.4 Å². The van der Waals surface area contributed by atoms with Gasteiger partial charge >= 0.3 is 6.09 Å². The Kier molecular flexibility index (Phi) is 9.90. The van der Waals surface area contributed by atoms with Gasteiger partial charge in [0.25, 0.3) is 0 Å². The van der Waals surface area contributed by atoms with Crippen molar-refractivity contribution >= 4 is 12.0 Å². The Morgan fingerprint density at radius 3 is 2.16 bits per heavy atom. The lowest BCUT2D eigenvalue weighted by atomic mass is 10.0. The predicted molar refractivity (Wildman–Crippen MR) is 121 cm³/mol. The number of nitro groups is 1. The molecule has 0 heterocycles. The maximum atomic E-state index is 13.0. The molecule has 0 aliphatic rings. The highest BCUT2D eigenvalue weighted by molar-refractivity contribution is 5.86. The molecule has 2 N–H and O–H groups in total. The van der Waals surface area contributed by atoms with Gasteiger partial charge in [-0.1, -0.05) is 74.5 Å². The van der Waals surface area contributed by atoms with Gasteiger partial charge in [0.1, 0.15) is 12.6 Å². The summed E-state index contributed by atoms with van der Waals surface area (Å²) in [5.74, 6) is -0.239. The van der Waals surface area contributed by atoms with Crippen molar-refractivity contribution in [1.29, 1.82) is 0 Å². The monoisotopic (exact) mass is 439 g/mol. The van der Waals surface area contributed by atoms with Crippen LogP contribution in [0.5, 0.6) is 0 Å². The zero-order chi connectivity index (χ0) is 23.3. The minimum absolute atomic E-state index is 0.0773. The van der Waals surface area contributed by atoms with Gasteiger partial charge in [-0.2, -0.15) is 0 Å². The molecule has 2 rings (SSSR count). The van der Waals surface area contributed by atoms with Crippen molar-refractivity contribution in [2.75, 3.05) is 0 Å². The summed E-state index contributed by atoms with van der Waals surface area (Å²) in [6.45, 7) is 3.99. The van der Waals surface area contributed by atoms with Crippen molar-refractivity contribution in [2.24, 2.45) is 5.92 Å². The van der Waals surface area contributed by atoms with Crippen LogP contribution >= 0.6 is 0 Å². The van der Waals surface area contributed by atoms with Gasteiger partial charge in [-0.05, 0) is 23.5 Å². The molecule has 0 fully saturated rings. The van der Waals surface area contributed by atoms with Gasteiger partial charge in [-0.25, -0.2) is 4.79 Å². The Morgan fingerprint density at radius 1 is 1.00 bits per heavy atom. The van der Waals surface area contributed by atoms with E-state index in [0.717, 1.165) is 17.3 Å². The molecule has 8 heteroatoms. The first-order chi connectivity index (χ1) is 15.3. The van der Waals surface area contributed by atoms with Gasteiger partial charge in [0.05, 0.1) is 11.0 Å². The normalized spacial score (nSPS) is 12.8. The van der Waals surface area contributed by atoms with E-state index >= 15 is 0 Å². The van der Waals surface area contributed by atoms with Crippen molar-refractivity contribution in [3.8, 4) is 0 Å². The van der Waals surface area contributed by atoms with Gasteiger partial charge in [0.2, 0.25) is 12.1 Å². The number of benzene rings is 2. The van der Waals surface area contributed by atoms with Crippen molar-refractivity contribution in [3.05, 3.63) is 94.2 Å². The number of rotatable bonds is 11. The SMILES string of the molecule is CC(C)C[C@@H](/C=C/[N+](=O)[O-])NC(=O)[C@H](Cc1ccccc1)NC(=O)OCc1ccccc1. The second-order valence-corrected chi connectivity index (χ2v) is 7.82. The van der Waals surface area contributed by atoms with Gasteiger partial charge in [0.15, 0.2) is 0 Å². The summed E-state index contributed by atoms with van der Waals surface area (Å²) in [4.78, 5) is 35.5. The molecule has 2 aromatic rings. The topological polar surface area (TPSA) is 111 Å². The second-order valence-electron chi connectivity index (χ2n) is 7.82. The molecule has 0 aliphatic carbocycles. The summed E-state index contributed by atoms with van der Waals surface area (Å²) in [6.07, 6.45) is 2.23. The van der Waals surface area contributed by atoms with E-state index in [4.69, 9.17) is 4.74 Å². The van der Waals surface area contributed by atoms with E-state index in [1.54, 1.807) is 0 Å². The summed E-state index contributed by atoms with van der Waals surface area (Å²) < 4.78 is 5.26. The Morgan fingerprint density at radius 2 is 1.59 bits per heavy atom. The third-order valence-electron chi connectivity index (χ3n) is 4.60. The predicted octanol–water partition coefficient (Wildman–Crippen LogP) is 3.85. The molecule has 170 valence electrons. The quantitative estimate of drug-likeness (QED) is 0.408. The molecule has 0 spiro atoms. The van der Waals surface area contributed by atoms with E-state index < -0.39 is 29.0 Å². The number of hydrogen-bond acceptors (Lipinski definition) is 5. The highest BCUT2D eigenvalue weighted by Gasteiger charge is 2.24. The van der Waals surface area contributed by atoms with Crippen molar-refractivity contribution < 1.29 is 19.2 Å². The molecule has 0 radical (unpaired) electrons. The average Bonchev–Trinajstić information content (AvgIpc) is 2.76. The zero-order valence-electron chi connectivity index (χ0n) is 18.3. The summed E-state index contributed by atoms with van der Waals surface area (Å²) in [5.41, 5.74) is 1.69. The Balaban J connectivity index is 2.08. The largest absolute Gasteiger partial charge is 0.445 e. The average molecular weight is 440 g/mol. The van der Waals surface area contributed by atoms with E-state index in [9.17, 15) is 19.7 Å². The van der Waals surface area contributed by atoms with Crippen LogP contribution < -0.4 is 10.6 Å². The molecule has 0 unspecified atom stereocenters. The highest BCUT2D eigenvalue weighted by Crippen LogP contribution is 2.09. The third kappa shape index (κ3) is 9.42. The van der Waals surface area contributed by atoms with Crippen LogP contribution in [0.25, 0.3) is 0 Å². The first-order valence-corrected chi connectivity index (χ1v) is 10.5. The minimum Gasteiger partial charge on any atom is -0.445 e. The minimum atomic E-state index is -0.903. The Hall–Kier alpha value is -3.68. The van der Waals surface area contributed by atoms with E-state index in [1.807, 2.05) is 74.5 Å². The van der Waals surface area contributed by atoms with Gasteiger partial charge in [0, 0.05) is 12.5 Å². The van der Waals surface area contributed by atoms with Crippen molar-refractivity contribution in [3.63, 3.8) is 0 Å². The van der Waals surface area contributed by atoms with E-state index in [2.05, 4.69) is 10.6 Å². The van der Waals surface area contributed by atoms with Crippen molar-refractivity contribution in [1.82, 2.24) is 10.6 Å². The summed E-state index contributed by atoms with van der Waals surface area (Å²) in [5, 5.41) is 16.1. The number of ether oxygens (including phenoxy) is 1. The molecule has 0 saturated heterocycles. The van der Waals surface area contributed by atoms with E-state index in [0.29, 0.717) is 6.42 Å². The fourth-order valence-corrected chi connectivity index (χ4v) is 3.12. The zero-order valence-corrected chi connectivity index (χ0v) is 18.3. The fourth-order valence-electron chi connectivity index (χ4n) is 3.12. The molecule has 0 bridgehead atoms. The van der Waals surface area contributed by atoms with Crippen LogP contribution in [0.3, 0.4) is 0 Å². The van der Waals surface area contributed by atoms with E-state index in [1.165, 1.54) is 6.08 Å². The van der Waals surface area contributed by atoms with Gasteiger partial charge in [-0.3, -0.25) is 14.9 Å². The Bertz CT molecular complexity index is 900. The number of alkyl carbamates (subject to hydrolysis) is 1. The second kappa shape index (κ2) is 12.9. The Labute approximate surface area is 187 Å². The summed E-state index contributed by atoms with van der Waals surface area (Å²) >= 11 is 0.